The molecule has 9 N–H and O–H groups in total. The third-order valence-electron chi connectivity index (χ3n) is 4.47. The Balaban J connectivity index is 5.44. The SMILES string of the molecule is CC(C)OC(=O)[C@H](CCC(=O)/C=N/N)NC(=O)[C@H](CCCNC(N)=O)NC(=O)[C@@H](N)C(C)C. The molecule has 0 saturated heterocycles. The van der Waals surface area contributed by atoms with Crippen molar-refractivity contribution in [3.05, 3.63) is 0 Å². The predicted molar refractivity (Wildman–Crippen MR) is 122 cm³/mol. The average Bonchev–Trinajstić information content (AvgIpc) is 2.71. The van der Waals surface area contributed by atoms with Crippen LogP contribution in [0.5, 0.6) is 0 Å². The number of carbonyl (C=O) groups excluding carboxylic acids is 5. The summed E-state index contributed by atoms with van der Waals surface area (Å²) in [6.45, 7) is 6.98. The number of nitrogens with zero attached hydrogens (tertiary/aromatic N) is 1. The fourth-order valence-corrected chi connectivity index (χ4v) is 2.63. The lowest BCUT2D eigenvalue weighted by atomic mass is 10.0. The van der Waals surface area contributed by atoms with Gasteiger partial charge in [0.05, 0.1) is 18.4 Å². The molecule has 0 aliphatic carbocycles. The molecule has 0 bridgehead atoms. The second-order valence-corrected chi connectivity index (χ2v) is 8.09. The first kappa shape index (κ1) is 29.8. The molecule has 33 heavy (non-hydrogen) atoms. The summed E-state index contributed by atoms with van der Waals surface area (Å²) in [5.74, 6) is 2.42. The fourth-order valence-electron chi connectivity index (χ4n) is 2.63. The molecule has 0 spiro atoms. The van der Waals surface area contributed by atoms with E-state index in [1.807, 2.05) is 0 Å². The van der Waals surface area contributed by atoms with E-state index in [2.05, 4.69) is 21.1 Å². The van der Waals surface area contributed by atoms with Crippen molar-refractivity contribution in [2.75, 3.05) is 6.54 Å². The number of hydrogen-bond acceptors (Lipinski definition) is 9. The largest absolute Gasteiger partial charge is 0.461 e. The highest BCUT2D eigenvalue weighted by Gasteiger charge is 2.29. The number of ketones is 1. The number of amides is 4. The van der Waals surface area contributed by atoms with E-state index < -0.39 is 53.8 Å². The molecule has 0 radical (unpaired) electrons. The van der Waals surface area contributed by atoms with Crippen LogP contribution >= 0.6 is 0 Å². The Labute approximate surface area is 193 Å². The number of urea groups is 1. The van der Waals surface area contributed by atoms with Gasteiger partial charge in [0.1, 0.15) is 12.1 Å². The molecule has 0 rings (SSSR count). The molecular weight excluding hydrogens is 434 g/mol. The van der Waals surface area contributed by atoms with Crippen LogP contribution in [0.2, 0.25) is 0 Å². The molecule has 13 heteroatoms. The highest BCUT2D eigenvalue weighted by atomic mass is 16.5. The van der Waals surface area contributed by atoms with E-state index in [4.69, 9.17) is 22.0 Å². The van der Waals surface area contributed by atoms with Crippen molar-refractivity contribution in [3.63, 3.8) is 0 Å². The van der Waals surface area contributed by atoms with Crippen molar-refractivity contribution < 1.29 is 28.7 Å². The van der Waals surface area contributed by atoms with Crippen LogP contribution in [0.15, 0.2) is 5.10 Å². The molecule has 188 valence electrons. The highest BCUT2D eigenvalue weighted by Crippen LogP contribution is 2.07. The van der Waals surface area contributed by atoms with Crippen LogP contribution in [0.25, 0.3) is 0 Å². The van der Waals surface area contributed by atoms with E-state index in [-0.39, 0.29) is 31.7 Å². The summed E-state index contributed by atoms with van der Waals surface area (Å²) in [7, 11) is 0. The van der Waals surface area contributed by atoms with Crippen molar-refractivity contribution >= 4 is 35.8 Å². The molecule has 0 aromatic heterocycles. The van der Waals surface area contributed by atoms with Gasteiger partial charge in [0.25, 0.3) is 0 Å². The van der Waals surface area contributed by atoms with Crippen LogP contribution < -0.4 is 33.3 Å². The van der Waals surface area contributed by atoms with E-state index in [1.54, 1.807) is 27.7 Å². The van der Waals surface area contributed by atoms with E-state index in [0.29, 0.717) is 6.42 Å². The second kappa shape index (κ2) is 15.6. The monoisotopic (exact) mass is 471 g/mol. The number of nitrogens with two attached hydrogens (primary N) is 3. The third-order valence-corrected chi connectivity index (χ3v) is 4.47. The number of hydrazone groups is 1. The van der Waals surface area contributed by atoms with Crippen LogP contribution in [0, 0.1) is 5.92 Å². The van der Waals surface area contributed by atoms with Crippen LogP contribution in [-0.4, -0.2) is 66.6 Å². The predicted octanol–water partition coefficient (Wildman–Crippen LogP) is -1.37. The summed E-state index contributed by atoms with van der Waals surface area (Å²) < 4.78 is 5.17. The maximum Gasteiger partial charge on any atom is 0.328 e. The van der Waals surface area contributed by atoms with Crippen molar-refractivity contribution in [2.24, 2.45) is 28.3 Å². The zero-order valence-corrected chi connectivity index (χ0v) is 19.6. The van der Waals surface area contributed by atoms with Gasteiger partial charge in [-0.15, -0.1) is 0 Å². The molecular formula is C20H37N7O6. The molecule has 3 atom stereocenters. The number of nitrogens with one attached hydrogen (secondary N) is 3. The molecule has 0 aromatic rings. The van der Waals surface area contributed by atoms with Crippen molar-refractivity contribution in [2.45, 2.75) is 77.6 Å². The van der Waals surface area contributed by atoms with E-state index >= 15 is 0 Å². The number of rotatable bonds is 15. The van der Waals surface area contributed by atoms with Crippen LogP contribution in [0.4, 0.5) is 4.79 Å². The minimum atomic E-state index is -1.14. The summed E-state index contributed by atoms with van der Waals surface area (Å²) in [6, 6.07) is -3.76. The molecule has 13 nitrogen and oxygen atoms in total. The van der Waals surface area contributed by atoms with Gasteiger partial charge in [0.15, 0.2) is 5.78 Å². The lowest BCUT2D eigenvalue weighted by Gasteiger charge is -2.25. The van der Waals surface area contributed by atoms with Gasteiger partial charge >= 0.3 is 12.0 Å². The van der Waals surface area contributed by atoms with Gasteiger partial charge in [-0.2, -0.15) is 5.10 Å². The van der Waals surface area contributed by atoms with Crippen molar-refractivity contribution in [1.29, 1.82) is 0 Å². The number of hydrogen-bond donors (Lipinski definition) is 6. The van der Waals surface area contributed by atoms with Gasteiger partial charge in [-0.05, 0) is 39.0 Å². The summed E-state index contributed by atoms with van der Waals surface area (Å²) in [5, 5.41) is 10.6. The molecule has 4 amide bonds. The zero-order chi connectivity index (χ0) is 25.6. The number of esters is 1. The Bertz CT molecular complexity index is 711. The maximum absolute atomic E-state index is 13.0. The molecule has 0 fully saturated rings. The number of ether oxygens (including phenoxy) is 1. The quantitative estimate of drug-likeness (QED) is 0.0548. The normalized spacial score (nSPS) is 13.9. The topological polar surface area (TPSA) is 221 Å². The Hall–Kier alpha value is -3.22. The third kappa shape index (κ3) is 13.0. The Morgan fingerprint density at radius 2 is 1.58 bits per heavy atom. The van der Waals surface area contributed by atoms with Gasteiger partial charge in [-0.25, -0.2) is 9.59 Å². The highest BCUT2D eigenvalue weighted by molar-refractivity contribution is 6.27. The molecule has 0 aliphatic rings. The summed E-state index contributed by atoms with van der Waals surface area (Å²) in [6.07, 6.45) is 0.735. The molecule has 0 aliphatic heterocycles. The van der Waals surface area contributed by atoms with E-state index in [1.165, 1.54) is 0 Å². The molecule has 0 heterocycles. The van der Waals surface area contributed by atoms with Gasteiger partial charge in [-0.3, -0.25) is 14.4 Å². The summed E-state index contributed by atoms with van der Waals surface area (Å²) in [4.78, 5) is 60.4. The Kier molecular flexibility index (Phi) is 14.0. The fraction of sp³-hybridized carbons (Fsp3) is 0.700. The minimum absolute atomic E-state index is 0.0580. The molecule has 0 saturated carbocycles. The van der Waals surface area contributed by atoms with Crippen LogP contribution in [-0.2, 0) is 23.9 Å². The lowest BCUT2D eigenvalue weighted by Crippen LogP contribution is -2.55. The van der Waals surface area contributed by atoms with Gasteiger partial charge in [0, 0.05) is 13.0 Å². The van der Waals surface area contributed by atoms with E-state index in [9.17, 15) is 24.0 Å². The summed E-state index contributed by atoms with van der Waals surface area (Å²) in [5.41, 5.74) is 10.9. The van der Waals surface area contributed by atoms with Crippen molar-refractivity contribution in [1.82, 2.24) is 16.0 Å². The van der Waals surface area contributed by atoms with Gasteiger partial charge < -0.3 is 38.0 Å². The smallest absolute Gasteiger partial charge is 0.328 e. The zero-order valence-electron chi connectivity index (χ0n) is 19.6. The lowest BCUT2D eigenvalue weighted by molar-refractivity contribution is -0.152. The molecule has 0 unspecified atom stereocenters. The maximum atomic E-state index is 13.0. The molecule has 0 aromatic carbocycles. The first-order chi connectivity index (χ1) is 15.4. The average molecular weight is 472 g/mol. The number of Topliss-reactive ketones (excluding diaryl/α,β-unsaturated/α-hetero) is 1. The first-order valence-corrected chi connectivity index (χ1v) is 10.7. The van der Waals surface area contributed by atoms with Crippen LogP contribution in [0.3, 0.4) is 0 Å². The van der Waals surface area contributed by atoms with Gasteiger partial charge in [-0.1, -0.05) is 13.8 Å². The number of primary amides is 1. The first-order valence-electron chi connectivity index (χ1n) is 10.7. The summed E-state index contributed by atoms with van der Waals surface area (Å²) >= 11 is 0. The number of carbonyl (C=O) groups is 5. The second-order valence-electron chi connectivity index (χ2n) is 8.09. The Morgan fingerprint density at radius 1 is 0.970 bits per heavy atom. The standard InChI is InChI=1S/C20H37N7O6/c1-11(2)16(21)18(30)26-14(6-5-9-24-20(22)32)17(29)27-15(19(31)33-12(3)4)8-7-13(28)10-25-23/h10-12,14-16H,5-9,21,23H2,1-4H3,(H,26,30)(H,27,29)(H3,22,24,32)/b25-10+/t14-,15-,16-/m0/s1. The van der Waals surface area contributed by atoms with Crippen molar-refractivity contribution in [3.8, 4) is 0 Å². The van der Waals surface area contributed by atoms with Crippen LogP contribution in [0.1, 0.15) is 53.4 Å². The minimum Gasteiger partial charge on any atom is -0.461 e. The van der Waals surface area contributed by atoms with Gasteiger partial charge in [0.2, 0.25) is 11.8 Å². The van der Waals surface area contributed by atoms with E-state index in [0.717, 1.165) is 6.21 Å². The Morgan fingerprint density at radius 3 is 2.09 bits per heavy atom.